The molecule has 0 unspecified atom stereocenters. The van der Waals surface area contributed by atoms with Crippen LogP contribution in [-0.4, -0.2) is 15.9 Å². The molecule has 3 aromatic rings. The second-order valence-corrected chi connectivity index (χ2v) is 6.27. The Morgan fingerprint density at radius 3 is 2.79 bits per heavy atom. The fraction of sp³-hybridized carbons (Fsp3) is 0.167. The molecular formula is C18H16FN3OS. The van der Waals surface area contributed by atoms with Crippen LogP contribution in [0.25, 0.3) is 0 Å². The lowest BCUT2D eigenvalue weighted by atomic mass is 10.1. The fourth-order valence-corrected chi connectivity index (χ4v) is 3.08. The number of anilines is 1. The highest BCUT2D eigenvalue weighted by atomic mass is 32.1. The van der Waals surface area contributed by atoms with E-state index < -0.39 is 0 Å². The number of rotatable bonds is 6. The van der Waals surface area contributed by atoms with E-state index in [1.807, 2.05) is 17.5 Å². The Labute approximate surface area is 143 Å². The summed E-state index contributed by atoms with van der Waals surface area (Å²) in [7, 11) is 0. The van der Waals surface area contributed by atoms with E-state index in [9.17, 15) is 9.18 Å². The van der Waals surface area contributed by atoms with E-state index in [0.29, 0.717) is 5.69 Å². The summed E-state index contributed by atoms with van der Waals surface area (Å²) in [5.41, 5.74) is 2.40. The molecule has 0 fully saturated rings. The molecule has 0 saturated heterocycles. The number of carbonyl (C=O) groups excluding carboxylic acids is 1. The number of hydrogen-bond acceptors (Lipinski definition) is 4. The van der Waals surface area contributed by atoms with Gasteiger partial charge in [-0.25, -0.2) is 9.37 Å². The average molecular weight is 341 g/mol. The molecule has 0 aliphatic rings. The topological polar surface area (TPSA) is 54.9 Å². The number of aryl methyl sites for hydroxylation is 2. The number of nitrogens with zero attached hydrogens (tertiary/aromatic N) is 2. The van der Waals surface area contributed by atoms with Crippen LogP contribution in [0.5, 0.6) is 0 Å². The number of carbonyl (C=O) groups is 1. The molecule has 0 aliphatic carbocycles. The molecule has 24 heavy (non-hydrogen) atoms. The third-order valence-corrected chi connectivity index (χ3v) is 4.38. The van der Waals surface area contributed by atoms with Crippen molar-refractivity contribution in [2.45, 2.75) is 19.3 Å². The van der Waals surface area contributed by atoms with Crippen molar-refractivity contribution in [2.24, 2.45) is 0 Å². The fourth-order valence-electron chi connectivity index (χ4n) is 2.28. The Balaban J connectivity index is 1.53. The van der Waals surface area contributed by atoms with Gasteiger partial charge in [0.15, 0.2) is 0 Å². The van der Waals surface area contributed by atoms with E-state index in [1.54, 1.807) is 35.9 Å². The molecule has 0 spiro atoms. The predicted molar refractivity (Wildman–Crippen MR) is 92.5 cm³/mol. The SMILES string of the molecule is O=C(Cc1csc(CCc2ccncc2)n1)Nc1cccc(F)c1. The molecule has 6 heteroatoms. The van der Waals surface area contributed by atoms with Crippen molar-refractivity contribution in [3.8, 4) is 0 Å². The van der Waals surface area contributed by atoms with E-state index in [0.717, 1.165) is 23.5 Å². The highest BCUT2D eigenvalue weighted by molar-refractivity contribution is 7.09. The molecule has 4 nitrogen and oxygen atoms in total. The van der Waals surface area contributed by atoms with Gasteiger partial charge in [0.2, 0.25) is 5.91 Å². The van der Waals surface area contributed by atoms with Gasteiger partial charge < -0.3 is 5.32 Å². The van der Waals surface area contributed by atoms with Gasteiger partial charge in [0.05, 0.1) is 17.1 Å². The summed E-state index contributed by atoms with van der Waals surface area (Å²) in [6.07, 6.45) is 5.46. The van der Waals surface area contributed by atoms with Crippen LogP contribution in [0.3, 0.4) is 0 Å². The van der Waals surface area contributed by atoms with Crippen molar-refractivity contribution >= 4 is 22.9 Å². The van der Waals surface area contributed by atoms with Gasteiger partial charge >= 0.3 is 0 Å². The smallest absolute Gasteiger partial charge is 0.230 e. The second-order valence-electron chi connectivity index (χ2n) is 5.32. The third-order valence-electron chi connectivity index (χ3n) is 3.43. The number of amides is 1. The highest BCUT2D eigenvalue weighted by Gasteiger charge is 2.09. The minimum Gasteiger partial charge on any atom is -0.326 e. The zero-order valence-corrected chi connectivity index (χ0v) is 13.7. The van der Waals surface area contributed by atoms with Gasteiger partial charge in [-0.05, 0) is 42.3 Å². The Morgan fingerprint density at radius 2 is 2.00 bits per heavy atom. The van der Waals surface area contributed by atoms with Crippen LogP contribution < -0.4 is 5.32 Å². The van der Waals surface area contributed by atoms with E-state index in [-0.39, 0.29) is 18.1 Å². The Kier molecular flexibility index (Phi) is 5.28. The van der Waals surface area contributed by atoms with Gasteiger partial charge in [-0.2, -0.15) is 0 Å². The van der Waals surface area contributed by atoms with Crippen molar-refractivity contribution in [1.82, 2.24) is 9.97 Å². The summed E-state index contributed by atoms with van der Waals surface area (Å²) in [6.45, 7) is 0. The number of aromatic nitrogens is 2. The van der Waals surface area contributed by atoms with Crippen LogP contribution in [-0.2, 0) is 24.1 Å². The summed E-state index contributed by atoms with van der Waals surface area (Å²) < 4.78 is 13.1. The Morgan fingerprint density at radius 1 is 1.17 bits per heavy atom. The van der Waals surface area contributed by atoms with Crippen LogP contribution in [0.15, 0.2) is 54.2 Å². The first kappa shape index (κ1) is 16.3. The van der Waals surface area contributed by atoms with Gasteiger partial charge in [-0.15, -0.1) is 11.3 Å². The van der Waals surface area contributed by atoms with E-state index in [1.165, 1.54) is 17.7 Å². The number of nitrogens with one attached hydrogen (secondary N) is 1. The lowest BCUT2D eigenvalue weighted by molar-refractivity contribution is -0.115. The molecular weight excluding hydrogens is 325 g/mol. The minimum absolute atomic E-state index is 0.183. The zero-order chi connectivity index (χ0) is 16.8. The van der Waals surface area contributed by atoms with Crippen LogP contribution in [0.2, 0.25) is 0 Å². The normalized spacial score (nSPS) is 10.5. The maximum absolute atomic E-state index is 13.1. The quantitative estimate of drug-likeness (QED) is 0.745. The van der Waals surface area contributed by atoms with Crippen molar-refractivity contribution in [1.29, 1.82) is 0 Å². The number of halogens is 1. The van der Waals surface area contributed by atoms with Crippen molar-refractivity contribution in [2.75, 3.05) is 5.32 Å². The standard InChI is InChI=1S/C18H16FN3OS/c19-14-2-1-3-15(10-14)21-17(23)11-16-12-24-18(22-16)5-4-13-6-8-20-9-7-13/h1-3,6-10,12H,4-5,11H2,(H,21,23). The largest absolute Gasteiger partial charge is 0.326 e. The monoisotopic (exact) mass is 341 g/mol. The molecule has 0 atom stereocenters. The first-order valence-electron chi connectivity index (χ1n) is 7.56. The minimum atomic E-state index is -0.375. The molecule has 2 heterocycles. The number of hydrogen-bond donors (Lipinski definition) is 1. The molecule has 0 radical (unpaired) electrons. The molecule has 122 valence electrons. The zero-order valence-electron chi connectivity index (χ0n) is 12.9. The molecule has 1 aromatic carbocycles. The van der Waals surface area contributed by atoms with Gasteiger partial charge in [-0.1, -0.05) is 6.07 Å². The van der Waals surface area contributed by atoms with Crippen molar-refractivity contribution in [3.63, 3.8) is 0 Å². The van der Waals surface area contributed by atoms with Gasteiger partial charge in [-0.3, -0.25) is 9.78 Å². The lowest BCUT2D eigenvalue weighted by Crippen LogP contribution is -2.14. The first-order chi connectivity index (χ1) is 11.7. The molecule has 1 amide bonds. The maximum atomic E-state index is 13.1. The molecule has 3 rings (SSSR count). The summed E-state index contributed by atoms with van der Waals surface area (Å²) in [5, 5.41) is 5.57. The molecule has 1 N–H and O–H groups in total. The lowest BCUT2D eigenvalue weighted by Gasteiger charge is -2.03. The van der Waals surface area contributed by atoms with Crippen molar-refractivity contribution in [3.05, 3.63) is 76.3 Å². The number of thiazole rings is 1. The summed E-state index contributed by atoms with van der Waals surface area (Å²) in [6, 6.07) is 9.82. The van der Waals surface area contributed by atoms with Crippen molar-refractivity contribution < 1.29 is 9.18 Å². The second kappa shape index (κ2) is 7.79. The Bertz CT molecular complexity index is 820. The van der Waals surface area contributed by atoms with Gasteiger partial charge in [0, 0.05) is 29.9 Å². The van der Waals surface area contributed by atoms with E-state index >= 15 is 0 Å². The Hall–Kier alpha value is -2.60. The summed E-state index contributed by atoms with van der Waals surface area (Å²) in [5.74, 6) is -0.577. The van der Waals surface area contributed by atoms with Gasteiger partial charge in [0.1, 0.15) is 5.82 Å². The molecule has 0 aliphatic heterocycles. The first-order valence-corrected chi connectivity index (χ1v) is 8.44. The highest BCUT2D eigenvalue weighted by Crippen LogP contribution is 2.15. The van der Waals surface area contributed by atoms with E-state index in [4.69, 9.17) is 0 Å². The summed E-state index contributed by atoms with van der Waals surface area (Å²) >= 11 is 1.55. The third kappa shape index (κ3) is 4.70. The molecule has 2 aromatic heterocycles. The van der Waals surface area contributed by atoms with Crippen LogP contribution in [0.4, 0.5) is 10.1 Å². The summed E-state index contributed by atoms with van der Waals surface area (Å²) in [4.78, 5) is 20.5. The maximum Gasteiger partial charge on any atom is 0.230 e. The molecule has 0 bridgehead atoms. The number of benzene rings is 1. The molecule has 0 saturated carbocycles. The van der Waals surface area contributed by atoms with E-state index in [2.05, 4.69) is 15.3 Å². The van der Waals surface area contributed by atoms with Gasteiger partial charge in [0.25, 0.3) is 0 Å². The van der Waals surface area contributed by atoms with Crippen LogP contribution in [0, 0.1) is 5.82 Å². The average Bonchev–Trinajstić information content (AvgIpc) is 3.01. The van der Waals surface area contributed by atoms with Crippen LogP contribution in [0.1, 0.15) is 16.3 Å². The van der Waals surface area contributed by atoms with Crippen LogP contribution >= 0.6 is 11.3 Å². The predicted octanol–water partition coefficient (Wildman–Crippen LogP) is 3.64. The number of pyridine rings is 1.